The van der Waals surface area contributed by atoms with Crippen molar-refractivity contribution in [2.45, 2.75) is 25.6 Å². The number of benzene rings is 2. The Kier molecular flexibility index (Phi) is 5.75. The number of rotatable bonds is 4. The summed E-state index contributed by atoms with van der Waals surface area (Å²) in [6, 6.07) is 3.92. The van der Waals surface area contributed by atoms with Crippen molar-refractivity contribution in [2.75, 3.05) is 0 Å². The van der Waals surface area contributed by atoms with Gasteiger partial charge in [-0.1, -0.05) is 18.3 Å². The van der Waals surface area contributed by atoms with Crippen molar-refractivity contribution in [1.82, 2.24) is 4.57 Å². The minimum Gasteiger partial charge on any atom is -0.480 e. The highest BCUT2D eigenvalue weighted by molar-refractivity contribution is 7.16. The molecule has 11 heteroatoms. The zero-order valence-corrected chi connectivity index (χ0v) is 16.0. The van der Waals surface area contributed by atoms with Gasteiger partial charge in [0.1, 0.15) is 6.04 Å². The van der Waals surface area contributed by atoms with Gasteiger partial charge in [0.2, 0.25) is 0 Å². The summed E-state index contributed by atoms with van der Waals surface area (Å²) < 4.78 is 66.8. The molecule has 0 spiro atoms. The molecule has 0 aliphatic rings. The monoisotopic (exact) mass is 444 g/mol. The van der Waals surface area contributed by atoms with Crippen LogP contribution in [0.15, 0.2) is 41.4 Å². The standard InChI is InChI=1S/C19H13F5N2O3S/c1-2-13(17(28)29)26-14-6-4-10(19(22,23)24)8-15(14)30-18(26)25-16(27)9-3-5-11(20)12(21)7-9/h3-8,13H,2H2,1H3,(H,28,29)/b25-18-. The summed E-state index contributed by atoms with van der Waals surface area (Å²) in [5.74, 6) is -4.70. The number of fused-ring (bicyclic) bond motifs is 1. The van der Waals surface area contributed by atoms with Gasteiger partial charge in [-0.05, 0) is 42.8 Å². The number of carbonyl (C=O) groups excluding carboxylic acids is 1. The van der Waals surface area contributed by atoms with Gasteiger partial charge in [-0.2, -0.15) is 18.2 Å². The first-order valence-electron chi connectivity index (χ1n) is 8.52. The minimum absolute atomic E-state index is 0.0642. The molecule has 0 saturated carbocycles. The van der Waals surface area contributed by atoms with Crippen LogP contribution in [0.5, 0.6) is 0 Å². The molecule has 2 aromatic carbocycles. The Bertz CT molecular complexity index is 1210. The quantitative estimate of drug-likeness (QED) is 0.589. The smallest absolute Gasteiger partial charge is 0.416 e. The van der Waals surface area contributed by atoms with Gasteiger partial charge >= 0.3 is 12.1 Å². The van der Waals surface area contributed by atoms with Gasteiger partial charge in [-0.15, -0.1) is 0 Å². The van der Waals surface area contributed by atoms with Crippen LogP contribution in [0.1, 0.15) is 35.3 Å². The van der Waals surface area contributed by atoms with Gasteiger partial charge in [-0.3, -0.25) is 4.79 Å². The maximum absolute atomic E-state index is 13.4. The molecule has 1 atom stereocenters. The van der Waals surface area contributed by atoms with Crippen molar-refractivity contribution in [3.8, 4) is 0 Å². The van der Waals surface area contributed by atoms with Gasteiger partial charge in [0.05, 0.1) is 15.8 Å². The first-order chi connectivity index (χ1) is 14.0. The fourth-order valence-electron chi connectivity index (χ4n) is 2.85. The second kappa shape index (κ2) is 7.98. The van der Waals surface area contributed by atoms with Crippen LogP contribution >= 0.6 is 11.3 Å². The van der Waals surface area contributed by atoms with Gasteiger partial charge < -0.3 is 9.67 Å². The Labute approximate surface area is 169 Å². The second-order valence-electron chi connectivity index (χ2n) is 6.24. The summed E-state index contributed by atoms with van der Waals surface area (Å²) in [7, 11) is 0. The van der Waals surface area contributed by atoms with E-state index in [9.17, 15) is 36.6 Å². The van der Waals surface area contributed by atoms with E-state index in [1.165, 1.54) is 0 Å². The van der Waals surface area contributed by atoms with Crippen LogP contribution in [0.2, 0.25) is 0 Å². The molecular weight excluding hydrogens is 431 g/mol. The Morgan fingerprint density at radius 1 is 1.13 bits per heavy atom. The van der Waals surface area contributed by atoms with Crippen molar-refractivity contribution < 1.29 is 36.6 Å². The number of aliphatic carboxylic acids is 1. The molecule has 1 amide bonds. The third kappa shape index (κ3) is 4.11. The van der Waals surface area contributed by atoms with Gasteiger partial charge in [0, 0.05) is 5.56 Å². The van der Waals surface area contributed by atoms with E-state index >= 15 is 0 Å². The first-order valence-corrected chi connectivity index (χ1v) is 9.33. The second-order valence-corrected chi connectivity index (χ2v) is 7.25. The Morgan fingerprint density at radius 3 is 2.40 bits per heavy atom. The highest BCUT2D eigenvalue weighted by atomic mass is 32.1. The topological polar surface area (TPSA) is 71.7 Å². The van der Waals surface area contributed by atoms with E-state index in [1.54, 1.807) is 6.92 Å². The number of amides is 1. The molecule has 158 valence electrons. The van der Waals surface area contributed by atoms with Crippen molar-refractivity contribution >= 4 is 33.4 Å². The SMILES string of the molecule is CCC(C(=O)O)n1/c(=N/C(=O)c2ccc(F)c(F)c2)sc2cc(C(F)(F)F)ccc21. The highest BCUT2D eigenvalue weighted by Gasteiger charge is 2.31. The summed E-state index contributed by atoms with van der Waals surface area (Å²) in [6.07, 6.45) is -4.55. The number of carboxylic acids is 1. The molecule has 1 aromatic heterocycles. The Balaban J connectivity index is 2.25. The van der Waals surface area contributed by atoms with Gasteiger partial charge in [-0.25, -0.2) is 13.6 Å². The van der Waals surface area contributed by atoms with Crippen molar-refractivity contribution in [3.05, 3.63) is 64.0 Å². The summed E-state index contributed by atoms with van der Waals surface area (Å²) in [6.45, 7) is 1.56. The molecule has 0 radical (unpaired) electrons. The van der Waals surface area contributed by atoms with E-state index in [1.807, 2.05) is 0 Å². The minimum atomic E-state index is -4.61. The zero-order valence-electron chi connectivity index (χ0n) is 15.2. The summed E-state index contributed by atoms with van der Waals surface area (Å²) >= 11 is 0.690. The average molecular weight is 444 g/mol. The van der Waals surface area contributed by atoms with E-state index in [2.05, 4.69) is 4.99 Å². The molecule has 3 aromatic rings. The number of thiazole rings is 1. The molecule has 0 aliphatic carbocycles. The van der Waals surface area contributed by atoms with E-state index in [-0.39, 0.29) is 27.0 Å². The average Bonchev–Trinajstić information content (AvgIpc) is 3.00. The fraction of sp³-hybridized carbons (Fsp3) is 0.211. The third-order valence-corrected chi connectivity index (χ3v) is 5.32. The van der Waals surface area contributed by atoms with Crippen LogP contribution in [-0.4, -0.2) is 21.6 Å². The first kappa shape index (κ1) is 21.6. The predicted octanol–water partition coefficient (Wildman–Crippen LogP) is 4.78. The van der Waals surface area contributed by atoms with Crippen molar-refractivity contribution in [2.24, 2.45) is 4.99 Å². The Hall–Kier alpha value is -3.08. The maximum atomic E-state index is 13.4. The van der Waals surface area contributed by atoms with Gasteiger partial charge in [0.15, 0.2) is 16.4 Å². The van der Waals surface area contributed by atoms with Crippen LogP contribution < -0.4 is 4.80 Å². The third-order valence-electron chi connectivity index (χ3n) is 4.30. The molecule has 0 aliphatic heterocycles. The predicted molar refractivity (Wildman–Crippen MR) is 98.0 cm³/mol. The van der Waals surface area contributed by atoms with E-state index in [4.69, 9.17) is 0 Å². The lowest BCUT2D eigenvalue weighted by molar-refractivity contribution is -0.141. The number of carbonyl (C=O) groups is 2. The highest BCUT2D eigenvalue weighted by Crippen LogP contribution is 2.33. The Morgan fingerprint density at radius 2 is 1.83 bits per heavy atom. The molecule has 3 rings (SSSR count). The number of hydrogen-bond acceptors (Lipinski definition) is 3. The maximum Gasteiger partial charge on any atom is 0.416 e. The molecule has 1 unspecified atom stereocenters. The van der Waals surface area contributed by atoms with E-state index < -0.39 is 41.3 Å². The zero-order chi connectivity index (χ0) is 22.2. The lowest BCUT2D eigenvalue weighted by atomic mass is 10.2. The van der Waals surface area contributed by atoms with Crippen LogP contribution in [0.3, 0.4) is 0 Å². The van der Waals surface area contributed by atoms with E-state index in [0.717, 1.165) is 34.9 Å². The fourth-order valence-corrected chi connectivity index (χ4v) is 3.95. The normalized spacial score (nSPS) is 13.6. The molecule has 1 heterocycles. The molecule has 0 bridgehead atoms. The van der Waals surface area contributed by atoms with Crippen molar-refractivity contribution in [3.63, 3.8) is 0 Å². The summed E-state index contributed by atoms with van der Waals surface area (Å²) in [4.78, 5) is 27.7. The van der Waals surface area contributed by atoms with Gasteiger partial charge in [0.25, 0.3) is 5.91 Å². The number of carboxylic acid groups (broad SMARTS) is 1. The van der Waals surface area contributed by atoms with Crippen molar-refractivity contribution in [1.29, 1.82) is 0 Å². The molecule has 0 fully saturated rings. The molecule has 0 saturated heterocycles. The number of aromatic nitrogens is 1. The largest absolute Gasteiger partial charge is 0.480 e. The number of alkyl halides is 3. The van der Waals surface area contributed by atoms with Crippen LogP contribution in [-0.2, 0) is 11.0 Å². The summed E-state index contributed by atoms with van der Waals surface area (Å²) in [5.41, 5.74) is -1.08. The molecule has 30 heavy (non-hydrogen) atoms. The number of hydrogen-bond donors (Lipinski definition) is 1. The molecule has 1 N–H and O–H groups in total. The summed E-state index contributed by atoms with van der Waals surface area (Å²) in [5, 5.41) is 9.52. The van der Waals surface area contributed by atoms with Crippen LogP contribution in [0.25, 0.3) is 10.2 Å². The van der Waals surface area contributed by atoms with E-state index in [0.29, 0.717) is 17.4 Å². The molecular formula is C19H13F5N2O3S. The number of halogens is 5. The van der Waals surface area contributed by atoms with Crippen LogP contribution in [0.4, 0.5) is 22.0 Å². The lowest BCUT2D eigenvalue weighted by Gasteiger charge is -2.14. The van der Waals surface area contributed by atoms with Crippen LogP contribution in [0, 0.1) is 11.6 Å². The molecule has 5 nitrogen and oxygen atoms in total. The number of nitrogens with zero attached hydrogens (tertiary/aromatic N) is 2. The lowest BCUT2D eigenvalue weighted by Crippen LogP contribution is -2.27.